The van der Waals surface area contributed by atoms with E-state index in [0.29, 0.717) is 0 Å². The molecule has 2 aliphatic rings. The van der Waals surface area contributed by atoms with Gasteiger partial charge in [-0.1, -0.05) is 26.0 Å². The molecule has 0 aromatic heterocycles. The van der Waals surface area contributed by atoms with Crippen molar-refractivity contribution in [2.24, 2.45) is 5.41 Å². The quantitative estimate of drug-likeness (QED) is 0.267. The van der Waals surface area contributed by atoms with E-state index in [1.807, 2.05) is 0 Å². The summed E-state index contributed by atoms with van der Waals surface area (Å²) in [5.74, 6) is 0. The molecule has 9 heteroatoms. The second-order valence-corrected chi connectivity index (χ2v) is 8.89. The fraction of sp³-hybridized carbons (Fsp3) is 0.895. The molecule has 0 aromatic carbocycles. The lowest BCUT2D eigenvalue weighted by Crippen LogP contribution is -2.66. The van der Waals surface area contributed by atoms with Crippen molar-refractivity contribution in [3.8, 4) is 0 Å². The Morgan fingerprint density at radius 2 is 1.68 bits per heavy atom. The van der Waals surface area contributed by atoms with Crippen LogP contribution in [0, 0.1) is 5.41 Å². The Morgan fingerprint density at radius 1 is 1.07 bits per heavy atom. The van der Waals surface area contributed by atoms with Crippen molar-refractivity contribution in [2.45, 2.75) is 94.7 Å². The summed E-state index contributed by atoms with van der Waals surface area (Å²) in [4.78, 5) is 0. The molecule has 0 radical (unpaired) electrons. The minimum absolute atomic E-state index is 0.00784. The summed E-state index contributed by atoms with van der Waals surface area (Å²) in [5.41, 5.74) is -4.15. The fourth-order valence-electron chi connectivity index (χ4n) is 4.27. The minimum Gasteiger partial charge on any atom is -0.394 e. The van der Waals surface area contributed by atoms with Gasteiger partial charge in [0.15, 0.2) is 6.29 Å². The molecule has 0 bridgehead atoms. The van der Waals surface area contributed by atoms with Crippen molar-refractivity contribution in [3.63, 3.8) is 0 Å². The fourth-order valence-corrected chi connectivity index (χ4v) is 4.27. The van der Waals surface area contributed by atoms with Crippen LogP contribution in [0.3, 0.4) is 0 Å². The molecule has 0 spiro atoms. The van der Waals surface area contributed by atoms with E-state index in [1.54, 1.807) is 13.8 Å². The molecule has 1 heterocycles. The highest BCUT2D eigenvalue weighted by molar-refractivity contribution is 5.21. The first-order chi connectivity index (χ1) is 12.8. The summed E-state index contributed by atoms with van der Waals surface area (Å²) >= 11 is 0. The predicted octanol–water partition coefficient (Wildman–Crippen LogP) is -1.59. The molecule has 2 rings (SSSR count). The Hall–Kier alpha value is -0.620. The topological polar surface area (TPSA) is 160 Å². The van der Waals surface area contributed by atoms with E-state index in [-0.39, 0.29) is 12.8 Å². The molecule has 1 aliphatic carbocycles. The standard InChI is InChI=1S/C19H34O9/c1-10(21)5-6-19(26)17(2,3)7-11(8-18(19,4)25)27-16-15(24)14(23)13(22)12(9-20)28-16/h5-6,10-16,20-26H,7-9H2,1-4H3/b6-5+/t10-,11-,12-,13-,14+,15-,16-,18+,19+/m1/s1. The molecule has 9 atom stereocenters. The predicted molar refractivity (Wildman–Crippen MR) is 98.0 cm³/mol. The number of rotatable bonds is 5. The zero-order chi connectivity index (χ0) is 21.5. The van der Waals surface area contributed by atoms with Crippen LogP contribution >= 0.6 is 0 Å². The third-order valence-electron chi connectivity index (χ3n) is 6.01. The van der Waals surface area contributed by atoms with E-state index in [1.165, 1.54) is 26.0 Å². The Bertz CT molecular complexity index is 540. The van der Waals surface area contributed by atoms with Gasteiger partial charge in [0.2, 0.25) is 0 Å². The maximum atomic E-state index is 11.2. The molecule has 7 N–H and O–H groups in total. The van der Waals surface area contributed by atoms with E-state index < -0.39 is 66.1 Å². The number of aliphatic hydroxyl groups is 7. The lowest BCUT2D eigenvalue weighted by molar-refractivity contribution is -0.326. The largest absolute Gasteiger partial charge is 0.394 e. The Morgan fingerprint density at radius 3 is 2.18 bits per heavy atom. The van der Waals surface area contributed by atoms with Crippen LogP contribution < -0.4 is 0 Å². The van der Waals surface area contributed by atoms with Crippen LogP contribution in [0.5, 0.6) is 0 Å². The maximum absolute atomic E-state index is 11.2. The van der Waals surface area contributed by atoms with Crippen LogP contribution in [0.25, 0.3) is 0 Å². The molecule has 1 saturated heterocycles. The van der Waals surface area contributed by atoms with Gasteiger partial charge < -0.3 is 45.2 Å². The first-order valence-corrected chi connectivity index (χ1v) is 9.54. The summed E-state index contributed by atoms with van der Waals surface area (Å²) in [6.45, 7) is 5.93. The molecular formula is C19H34O9. The smallest absolute Gasteiger partial charge is 0.186 e. The van der Waals surface area contributed by atoms with Gasteiger partial charge >= 0.3 is 0 Å². The zero-order valence-corrected chi connectivity index (χ0v) is 16.8. The van der Waals surface area contributed by atoms with Crippen molar-refractivity contribution >= 4 is 0 Å². The van der Waals surface area contributed by atoms with Crippen molar-refractivity contribution in [2.75, 3.05) is 6.61 Å². The highest BCUT2D eigenvalue weighted by Crippen LogP contribution is 2.51. The van der Waals surface area contributed by atoms with Crippen LogP contribution in [-0.4, -0.2) is 96.5 Å². The van der Waals surface area contributed by atoms with Gasteiger partial charge in [0.1, 0.15) is 30.0 Å². The number of ether oxygens (including phenoxy) is 2. The van der Waals surface area contributed by atoms with Crippen molar-refractivity contribution in [3.05, 3.63) is 12.2 Å². The van der Waals surface area contributed by atoms with Crippen molar-refractivity contribution < 1.29 is 45.2 Å². The highest BCUT2D eigenvalue weighted by Gasteiger charge is 2.59. The van der Waals surface area contributed by atoms with Crippen LogP contribution in [0.4, 0.5) is 0 Å². The molecule has 1 aliphatic heterocycles. The third kappa shape index (κ3) is 4.28. The van der Waals surface area contributed by atoms with Gasteiger partial charge in [-0.3, -0.25) is 0 Å². The third-order valence-corrected chi connectivity index (χ3v) is 6.01. The first-order valence-electron chi connectivity index (χ1n) is 9.54. The van der Waals surface area contributed by atoms with Crippen molar-refractivity contribution in [1.29, 1.82) is 0 Å². The Kier molecular flexibility index (Phi) is 6.97. The Labute approximate surface area is 164 Å². The molecule has 1 saturated carbocycles. The first kappa shape index (κ1) is 23.7. The Balaban J connectivity index is 2.20. The van der Waals surface area contributed by atoms with E-state index in [2.05, 4.69) is 0 Å². The lowest BCUT2D eigenvalue weighted by Gasteiger charge is -2.56. The van der Waals surface area contributed by atoms with E-state index >= 15 is 0 Å². The molecule has 0 amide bonds. The maximum Gasteiger partial charge on any atom is 0.186 e. The van der Waals surface area contributed by atoms with Gasteiger partial charge in [0, 0.05) is 11.8 Å². The normalized spacial score (nSPS) is 48.0. The summed E-state index contributed by atoms with van der Waals surface area (Å²) in [7, 11) is 0. The minimum atomic E-state index is -1.65. The lowest BCUT2D eigenvalue weighted by atomic mass is 9.57. The van der Waals surface area contributed by atoms with Crippen molar-refractivity contribution in [1.82, 2.24) is 0 Å². The second-order valence-electron chi connectivity index (χ2n) is 8.89. The van der Waals surface area contributed by atoms with E-state index in [9.17, 15) is 35.7 Å². The van der Waals surface area contributed by atoms with E-state index in [0.717, 1.165) is 0 Å². The molecule has 9 nitrogen and oxygen atoms in total. The molecule has 0 aromatic rings. The van der Waals surface area contributed by atoms with E-state index in [4.69, 9.17) is 9.47 Å². The summed E-state index contributed by atoms with van der Waals surface area (Å²) in [6.07, 6.45) is -5.34. The number of aliphatic hydroxyl groups excluding tert-OH is 5. The SMILES string of the molecule is C[C@@H](O)/C=C/[C@]1(O)C(C)(C)C[C@@H](O[C@@H]2O[C@H](CO)[C@@H](O)[C@H](O)[C@H]2O)C[C@]1(C)O. The number of hydrogen-bond donors (Lipinski definition) is 7. The van der Waals surface area contributed by atoms with Crippen LogP contribution in [0.2, 0.25) is 0 Å². The molecule has 28 heavy (non-hydrogen) atoms. The van der Waals surface area contributed by atoms with Gasteiger partial charge in [0.25, 0.3) is 0 Å². The second kappa shape index (κ2) is 8.25. The average molecular weight is 406 g/mol. The monoisotopic (exact) mass is 406 g/mol. The molecular weight excluding hydrogens is 372 g/mol. The van der Waals surface area contributed by atoms with Gasteiger partial charge in [-0.25, -0.2) is 0 Å². The summed E-state index contributed by atoms with van der Waals surface area (Å²) in [6, 6.07) is 0. The van der Waals surface area contributed by atoms with Crippen LogP contribution in [0.1, 0.15) is 40.5 Å². The summed E-state index contributed by atoms with van der Waals surface area (Å²) < 4.78 is 11.2. The van der Waals surface area contributed by atoms with Gasteiger partial charge in [-0.05, 0) is 20.3 Å². The highest BCUT2D eigenvalue weighted by atomic mass is 16.7. The van der Waals surface area contributed by atoms with Gasteiger partial charge in [0.05, 0.1) is 24.4 Å². The van der Waals surface area contributed by atoms with Crippen LogP contribution in [-0.2, 0) is 9.47 Å². The van der Waals surface area contributed by atoms with Gasteiger partial charge in [-0.15, -0.1) is 0 Å². The van der Waals surface area contributed by atoms with Gasteiger partial charge in [-0.2, -0.15) is 0 Å². The molecule has 0 unspecified atom stereocenters. The number of hydrogen-bond acceptors (Lipinski definition) is 9. The van der Waals surface area contributed by atoms with Crippen LogP contribution in [0.15, 0.2) is 12.2 Å². The zero-order valence-electron chi connectivity index (χ0n) is 16.8. The average Bonchev–Trinajstić information content (AvgIpc) is 2.57. The summed E-state index contributed by atoms with van der Waals surface area (Å²) in [5, 5.41) is 71.0. The molecule has 2 fully saturated rings. The molecule has 164 valence electrons.